The lowest BCUT2D eigenvalue weighted by molar-refractivity contribution is -0.114. The van der Waals surface area contributed by atoms with Gasteiger partial charge in [0.2, 0.25) is 0 Å². The number of carbonyl (C=O) groups is 3. The Morgan fingerprint density at radius 3 is 1.43 bits per heavy atom. The summed E-state index contributed by atoms with van der Waals surface area (Å²) in [7, 11) is 0. The average molecular weight is 322 g/mol. The number of unbranched alkanes of at least 4 members (excludes halogenated alkanes) is 1. The van der Waals surface area contributed by atoms with Gasteiger partial charge in [0.1, 0.15) is 0 Å². The minimum absolute atomic E-state index is 0.127. The lowest BCUT2D eigenvalue weighted by atomic mass is 10.3. The molecule has 0 aliphatic rings. The van der Waals surface area contributed by atoms with Gasteiger partial charge >= 0.3 is 0 Å². The van der Waals surface area contributed by atoms with Crippen LogP contribution < -0.4 is 0 Å². The highest BCUT2D eigenvalue weighted by molar-refractivity contribution is 5.89. The van der Waals surface area contributed by atoms with Crippen LogP contribution in [0.2, 0.25) is 0 Å². The van der Waals surface area contributed by atoms with E-state index in [1.54, 1.807) is 32.1 Å². The number of ketones is 3. The molecule has 0 saturated carbocycles. The Kier molecular flexibility index (Phi) is 25.6. The van der Waals surface area contributed by atoms with E-state index in [-0.39, 0.29) is 17.3 Å². The van der Waals surface area contributed by atoms with Gasteiger partial charge in [-0.25, -0.2) is 0 Å². The summed E-state index contributed by atoms with van der Waals surface area (Å²) in [4.78, 5) is 30.8. The van der Waals surface area contributed by atoms with E-state index in [0.717, 1.165) is 25.7 Å². The molecule has 0 aliphatic carbocycles. The molecule has 0 bridgehead atoms. The molecule has 0 rings (SSSR count). The van der Waals surface area contributed by atoms with E-state index < -0.39 is 0 Å². The third-order valence-electron chi connectivity index (χ3n) is 2.28. The Labute approximate surface area is 142 Å². The van der Waals surface area contributed by atoms with E-state index >= 15 is 0 Å². The maximum Gasteiger partial charge on any atom is 0.155 e. The molecule has 0 heterocycles. The van der Waals surface area contributed by atoms with Crippen molar-refractivity contribution in [2.45, 2.75) is 73.6 Å². The summed E-state index contributed by atoms with van der Waals surface area (Å²) >= 11 is 0. The van der Waals surface area contributed by atoms with Crippen LogP contribution in [0.5, 0.6) is 0 Å². The van der Waals surface area contributed by atoms with Crippen LogP contribution >= 0.6 is 0 Å². The zero-order valence-electron chi connectivity index (χ0n) is 15.7. The summed E-state index contributed by atoms with van der Waals surface area (Å²) in [6, 6.07) is 0. The van der Waals surface area contributed by atoms with Crippen molar-refractivity contribution in [3.8, 4) is 0 Å². The molecule has 0 aromatic heterocycles. The van der Waals surface area contributed by atoms with E-state index in [0.29, 0.717) is 6.42 Å². The summed E-state index contributed by atoms with van der Waals surface area (Å²) < 4.78 is 0. The first kappa shape index (κ1) is 26.1. The SMILES string of the molecule is CCC=CC(=O)CC.CCC=CC(C)=O.CCCC=CC(C)=O. The van der Waals surface area contributed by atoms with Crippen molar-refractivity contribution < 1.29 is 14.4 Å². The standard InChI is InChI=1S/2C7H12O.C6H10O/c1-3-4-5-6-7(2)8;1-3-5-6-7(8)4-2;1-3-4-5-6(2)7/h2*5-6H,3-4H2,1-2H3;4-5H,3H2,1-2H3. The van der Waals surface area contributed by atoms with Crippen LogP contribution in [0.15, 0.2) is 36.5 Å². The molecule has 0 N–H and O–H groups in total. The van der Waals surface area contributed by atoms with Gasteiger partial charge in [-0.1, -0.05) is 52.3 Å². The van der Waals surface area contributed by atoms with E-state index in [1.807, 2.05) is 39.0 Å². The molecule has 0 aliphatic heterocycles. The summed E-state index contributed by atoms with van der Waals surface area (Å²) in [6.07, 6.45) is 15.1. The zero-order valence-corrected chi connectivity index (χ0v) is 15.7. The fraction of sp³-hybridized carbons (Fsp3) is 0.550. The zero-order chi connectivity index (χ0) is 18.5. The smallest absolute Gasteiger partial charge is 0.155 e. The number of hydrogen-bond donors (Lipinski definition) is 0. The van der Waals surface area contributed by atoms with Gasteiger partial charge in [-0.15, -0.1) is 0 Å². The second kappa shape index (κ2) is 22.5. The van der Waals surface area contributed by atoms with Crippen LogP contribution in [0.4, 0.5) is 0 Å². The maximum absolute atomic E-state index is 10.5. The van der Waals surface area contributed by atoms with E-state index in [2.05, 4.69) is 6.92 Å². The minimum atomic E-state index is 0.127. The monoisotopic (exact) mass is 322 g/mol. The highest BCUT2D eigenvalue weighted by Crippen LogP contribution is 1.87. The lowest BCUT2D eigenvalue weighted by Gasteiger charge is -1.80. The van der Waals surface area contributed by atoms with Crippen molar-refractivity contribution in [2.24, 2.45) is 0 Å². The molecular weight excluding hydrogens is 288 g/mol. The quantitative estimate of drug-likeness (QED) is 0.562. The van der Waals surface area contributed by atoms with Crippen LogP contribution in [0.3, 0.4) is 0 Å². The Morgan fingerprint density at radius 1 is 0.696 bits per heavy atom. The molecule has 23 heavy (non-hydrogen) atoms. The molecule has 0 spiro atoms. The van der Waals surface area contributed by atoms with Crippen LogP contribution in [0.1, 0.15) is 73.6 Å². The molecule has 132 valence electrons. The molecule has 0 aromatic rings. The first-order chi connectivity index (χ1) is 10.8. The largest absolute Gasteiger partial charge is 0.295 e. The van der Waals surface area contributed by atoms with Crippen molar-refractivity contribution in [2.75, 3.05) is 0 Å². The Balaban J connectivity index is -0.000000262. The Morgan fingerprint density at radius 2 is 1.13 bits per heavy atom. The summed E-state index contributed by atoms with van der Waals surface area (Å²) in [5, 5.41) is 0. The van der Waals surface area contributed by atoms with Gasteiger partial charge in [0, 0.05) is 6.42 Å². The van der Waals surface area contributed by atoms with Gasteiger partial charge < -0.3 is 0 Å². The van der Waals surface area contributed by atoms with Gasteiger partial charge in [0.05, 0.1) is 0 Å². The molecule has 0 radical (unpaired) electrons. The van der Waals surface area contributed by atoms with Gasteiger partial charge in [-0.05, 0) is 51.3 Å². The molecule has 0 unspecified atom stereocenters. The fourth-order valence-electron chi connectivity index (χ4n) is 1.07. The lowest BCUT2D eigenvalue weighted by Crippen LogP contribution is -1.85. The summed E-state index contributed by atoms with van der Waals surface area (Å²) in [5.41, 5.74) is 0. The summed E-state index contributed by atoms with van der Waals surface area (Å²) in [6.45, 7) is 11.1. The second-order valence-corrected chi connectivity index (χ2v) is 4.85. The predicted octanol–water partition coefficient (Wildman–Crippen LogP) is 5.41. The first-order valence-corrected chi connectivity index (χ1v) is 8.39. The van der Waals surface area contributed by atoms with Gasteiger partial charge in [-0.2, -0.15) is 0 Å². The third kappa shape index (κ3) is 38.4. The first-order valence-electron chi connectivity index (χ1n) is 8.39. The van der Waals surface area contributed by atoms with Crippen LogP contribution in [0.25, 0.3) is 0 Å². The highest BCUT2D eigenvalue weighted by Gasteiger charge is 1.85. The van der Waals surface area contributed by atoms with Crippen molar-refractivity contribution in [3.63, 3.8) is 0 Å². The molecule has 0 saturated heterocycles. The number of hydrogen-bond acceptors (Lipinski definition) is 3. The van der Waals surface area contributed by atoms with Crippen molar-refractivity contribution in [1.29, 1.82) is 0 Å². The maximum atomic E-state index is 10.5. The van der Waals surface area contributed by atoms with Crippen LogP contribution in [-0.4, -0.2) is 17.3 Å². The topological polar surface area (TPSA) is 51.2 Å². The molecule has 0 fully saturated rings. The van der Waals surface area contributed by atoms with E-state index in [1.165, 1.54) is 0 Å². The summed E-state index contributed by atoms with van der Waals surface area (Å²) in [5.74, 6) is 0.479. The number of rotatable bonds is 8. The van der Waals surface area contributed by atoms with Gasteiger partial charge in [-0.3, -0.25) is 14.4 Å². The van der Waals surface area contributed by atoms with Crippen molar-refractivity contribution in [3.05, 3.63) is 36.5 Å². The molecular formula is C20H34O3. The van der Waals surface area contributed by atoms with Gasteiger partial charge in [0.25, 0.3) is 0 Å². The van der Waals surface area contributed by atoms with Crippen molar-refractivity contribution >= 4 is 17.3 Å². The van der Waals surface area contributed by atoms with Crippen LogP contribution in [0, 0.1) is 0 Å². The average Bonchev–Trinajstić information content (AvgIpc) is 2.51. The molecule has 3 heteroatoms. The van der Waals surface area contributed by atoms with Crippen LogP contribution in [-0.2, 0) is 14.4 Å². The second-order valence-electron chi connectivity index (χ2n) is 4.85. The third-order valence-corrected chi connectivity index (χ3v) is 2.28. The Bertz CT molecular complexity index is 388. The highest BCUT2D eigenvalue weighted by atomic mass is 16.1. The molecule has 0 atom stereocenters. The molecule has 0 amide bonds. The molecule has 3 nitrogen and oxygen atoms in total. The minimum Gasteiger partial charge on any atom is -0.295 e. The predicted molar refractivity (Wildman–Crippen MR) is 99.6 cm³/mol. The van der Waals surface area contributed by atoms with Gasteiger partial charge in [0.15, 0.2) is 17.3 Å². The number of carbonyl (C=O) groups excluding carboxylic acids is 3. The fourth-order valence-corrected chi connectivity index (χ4v) is 1.07. The van der Waals surface area contributed by atoms with Crippen molar-refractivity contribution in [1.82, 2.24) is 0 Å². The Hall–Kier alpha value is -1.77. The molecule has 0 aromatic carbocycles. The number of allylic oxidation sites excluding steroid dienone is 6. The van der Waals surface area contributed by atoms with E-state index in [9.17, 15) is 14.4 Å². The normalized spacial score (nSPS) is 10.2. The van der Waals surface area contributed by atoms with E-state index in [4.69, 9.17) is 0 Å².